The maximum atomic E-state index is 13.5. The molecular formula is C21H17F4N3O3PS2+. The van der Waals surface area contributed by atoms with E-state index in [4.69, 9.17) is 17.5 Å². The lowest BCUT2D eigenvalue weighted by atomic mass is 10.0. The highest BCUT2D eigenvalue weighted by atomic mass is 32.2. The Bertz CT molecular complexity index is 1340. The standard InChI is InChI=1S/C21H16F4N3O3PS2/c1-32(2)11-20(12-34(30,31)16-7-4-14(22)5-8-16)18(29)28(19(33)27-20)15-6-3-13(10-26)17(9-15)21(23,24)25/h3-9H,1,11-12H2,2H3/p+1. The van der Waals surface area contributed by atoms with Crippen LogP contribution in [0.2, 0.25) is 0 Å². The highest BCUT2D eigenvalue weighted by molar-refractivity contribution is 7.91. The number of amides is 1. The third-order valence-corrected chi connectivity index (χ3v) is 8.23. The number of rotatable bonds is 6. The van der Waals surface area contributed by atoms with Crippen molar-refractivity contribution in [2.75, 3.05) is 23.5 Å². The Morgan fingerprint density at radius 2 is 1.85 bits per heavy atom. The van der Waals surface area contributed by atoms with Crippen molar-refractivity contribution in [3.63, 3.8) is 0 Å². The van der Waals surface area contributed by atoms with Crippen LogP contribution < -0.4 is 10.2 Å². The van der Waals surface area contributed by atoms with Gasteiger partial charge in [-0.05, 0) is 54.7 Å². The number of anilines is 1. The Balaban J connectivity index is 2.08. The maximum Gasteiger partial charge on any atom is 0.417 e. The van der Waals surface area contributed by atoms with Gasteiger partial charge in [0, 0.05) is 0 Å². The van der Waals surface area contributed by atoms with Crippen molar-refractivity contribution >= 4 is 52.6 Å². The van der Waals surface area contributed by atoms with Gasteiger partial charge >= 0.3 is 6.18 Å². The number of thiocarbonyl (C=S) groups is 1. The zero-order valence-electron chi connectivity index (χ0n) is 17.6. The average molecular weight is 530 g/mol. The lowest BCUT2D eigenvalue weighted by molar-refractivity contribution is -0.137. The van der Waals surface area contributed by atoms with Crippen molar-refractivity contribution in [2.45, 2.75) is 16.6 Å². The largest absolute Gasteiger partial charge is 0.417 e. The number of hydrogen-bond donors (Lipinski definition) is 1. The van der Waals surface area contributed by atoms with Gasteiger partial charge in [0.15, 0.2) is 20.5 Å². The Morgan fingerprint density at radius 1 is 1.24 bits per heavy atom. The Hall–Kier alpha value is -2.87. The molecule has 1 N–H and O–H groups in total. The molecule has 0 aromatic heterocycles. The SMILES string of the molecule is C=[P+](C)CC1(CS(=O)(=O)c2ccc(F)cc2)NC(=S)N(c2ccc(C#N)c(C(F)(F)F)c2)C1=O. The zero-order chi connectivity index (χ0) is 25.5. The number of halogens is 4. The normalized spacial score (nSPS) is 19.1. The van der Waals surface area contributed by atoms with Crippen molar-refractivity contribution in [2.24, 2.45) is 0 Å². The minimum atomic E-state index is -4.87. The lowest BCUT2D eigenvalue weighted by Gasteiger charge is -2.24. The summed E-state index contributed by atoms with van der Waals surface area (Å²) in [5, 5.41) is 11.4. The van der Waals surface area contributed by atoms with Crippen LogP contribution in [0.4, 0.5) is 23.2 Å². The molecule has 0 saturated carbocycles. The molecule has 2 aromatic rings. The monoisotopic (exact) mass is 530 g/mol. The van der Waals surface area contributed by atoms with Gasteiger partial charge in [0.1, 0.15) is 12.0 Å². The van der Waals surface area contributed by atoms with Gasteiger partial charge in [-0.15, -0.1) is 0 Å². The number of nitrogens with zero attached hydrogens (tertiary/aromatic N) is 2. The van der Waals surface area contributed by atoms with Crippen LogP contribution in [0.5, 0.6) is 0 Å². The van der Waals surface area contributed by atoms with Crippen LogP contribution in [-0.4, -0.2) is 49.9 Å². The summed E-state index contributed by atoms with van der Waals surface area (Å²) >= 11 is 5.21. The van der Waals surface area contributed by atoms with E-state index in [-0.39, 0.29) is 21.9 Å². The minimum Gasteiger partial charge on any atom is -0.343 e. The molecule has 2 atom stereocenters. The van der Waals surface area contributed by atoms with Gasteiger partial charge in [0.05, 0.1) is 54.0 Å². The fraction of sp³-hybridized carbons (Fsp3) is 0.238. The molecule has 1 saturated heterocycles. The van der Waals surface area contributed by atoms with Gasteiger partial charge in [0.25, 0.3) is 5.91 Å². The van der Waals surface area contributed by atoms with Crippen LogP contribution in [0.3, 0.4) is 0 Å². The molecule has 1 amide bonds. The molecule has 178 valence electrons. The van der Waals surface area contributed by atoms with Crippen LogP contribution in [-0.2, 0) is 20.8 Å². The summed E-state index contributed by atoms with van der Waals surface area (Å²) in [6.45, 7) is 1.70. The quantitative estimate of drug-likeness (QED) is 0.265. The predicted octanol–water partition coefficient (Wildman–Crippen LogP) is 3.69. The molecule has 0 radical (unpaired) electrons. The predicted molar refractivity (Wildman–Crippen MR) is 125 cm³/mol. The molecule has 0 bridgehead atoms. The van der Waals surface area contributed by atoms with E-state index in [1.54, 1.807) is 6.66 Å². The van der Waals surface area contributed by atoms with E-state index in [1.165, 1.54) is 6.07 Å². The molecule has 1 aliphatic heterocycles. The molecule has 3 rings (SSSR count). The number of benzene rings is 2. The smallest absolute Gasteiger partial charge is 0.343 e. The molecule has 1 aliphatic rings. The summed E-state index contributed by atoms with van der Waals surface area (Å²) in [7, 11) is -5.27. The number of nitrogens with one attached hydrogen (secondary N) is 1. The van der Waals surface area contributed by atoms with E-state index in [0.29, 0.717) is 6.07 Å². The second kappa shape index (κ2) is 9.06. The second-order valence-corrected chi connectivity index (χ2v) is 12.1. The molecule has 1 heterocycles. The van der Waals surface area contributed by atoms with E-state index in [9.17, 15) is 30.8 Å². The summed E-state index contributed by atoms with van der Waals surface area (Å²) < 4.78 is 79.7. The topological polar surface area (TPSA) is 90.3 Å². The molecule has 34 heavy (non-hydrogen) atoms. The highest BCUT2D eigenvalue weighted by Gasteiger charge is 2.55. The fourth-order valence-electron chi connectivity index (χ4n) is 3.62. The summed E-state index contributed by atoms with van der Waals surface area (Å²) in [5.74, 6) is -2.28. The zero-order valence-corrected chi connectivity index (χ0v) is 20.1. The van der Waals surface area contributed by atoms with Crippen molar-refractivity contribution in [3.05, 3.63) is 59.4 Å². The van der Waals surface area contributed by atoms with Gasteiger partial charge in [-0.1, -0.05) is 0 Å². The second-order valence-electron chi connectivity index (χ2n) is 7.72. The first-order valence-corrected chi connectivity index (χ1v) is 13.7. The summed E-state index contributed by atoms with van der Waals surface area (Å²) in [6, 6.07) is 8.16. The summed E-state index contributed by atoms with van der Waals surface area (Å²) in [6.07, 6.45) is -1.04. The molecule has 2 aromatic carbocycles. The Kier molecular flexibility index (Phi) is 6.86. The van der Waals surface area contributed by atoms with Gasteiger partial charge in [0.2, 0.25) is 0 Å². The fourth-order valence-corrected chi connectivity index (χ4v) is 7.07. The van der Waals surface area contributed by atoms with Crippen LogP contribution in [0.15, 0.2) is 47.4 Å². The van der Waals surface area contributed by atoms with Crippen molar-refractivity contribution in [1.29, 1.82) is 5.26 Å². The van der Waals surface area contributed by atoms with Crippen molar-refractivity contribution in [3.8, 4) is 6.07 Å². The summed E-state index contributed by atoms with van der Waals surface area (Å²) in [5.41, 5.74) is -3.95. The van der Waals surface area contributed by atoms with E-state index in [1.807, 2.05) is 0 Å². The van der Waals surface area contributed by atoms with Crippen LogP contribution >= 0.6 is 19.8 Å². The number of carbonyl (C=O) groups excluding carboxylic acids is 1. The Labute approximate surface area is 199 Å². The minimum absolute atomic E-state index is 0.0410. The van der Waals surface area contributed by atoms with Gasteiger partial charge in [-0.2, -0.15) is 18.4 Å². The van der Waals surface area contributed by atoms with E-state index < -0.39 is 57.7 Å². The maximum absolute atomic E-state index is 13.5. The molecule has 0 aliphatic carbocycles. The lowest BCUT2D eigenvalue weighted by Crippen LogP contribution is -2.54. The summed E-state index contributed by atoms with van der Waals surface area (Å²) in [4.78, 5) is 14.1. The molecule has 0 spiro atoms. The van der Waals surface area contributed by atoms with E-state index in [0.717, 1.165) is 41.3 Å². The first-order valence-electron chi connectivity index (χ1n) is 9.48. The average Bonchev–Trinajstić information content (AvgIpc) is 2.95. The van der Waals surface area contributed by atoms with Crippen LogP contribution in [0, 0.1) is 17.1 Å². The third-order valence-electron chi connectivity index (χ3n) is 5.00. The van der Waals surface area contributed by atoms with Crippen LogP contribution in [0.1, 0.15) is 11.1 Å². The first-order chi connectivity index (χ1) is 15.7. The number of sulfone groups is 1. The number of nitriles is 1. The van der Waals surface area contributed by atoms with E-state index in [2.05, 4.69) is 11.6 Å². The number of hydrogen-bond acceptors (Lipinski definition) is 5. The van der Waals surface area contributed by atoms with Gasteiger partial charge in [-0.3, -0.25) is 9.69 Å². The van der Waals surface area contributed by atoms with Crippen molar-refractivity contribution < 1.29 is 30.8 Å². The van der Waals surface area contributed by atoms with Gasteiger partial charge in [-0.25, -0.2) is 12.8 Å². The number of carbonyl (C=O) groups is 1. The molecule has 6 nitrogen and oxygen atoms in total. The molecular weight excluding hydrogens is 513 g/mol. The Morgan fingerprint density at radius 3 is 2.38 bits per heavy atom. The molecule has 13 heteroatoms. The van der Waals surface area contributed by atoms with Crippen LogP contribution in [0.25, 0.3) is 0 Å². The number of alkyl halides is 3. The first kappa shape index (κ1) is 25.7. The van der Waals surface area contributed by atoms with Crippen molar-refractivity contribution in [1.82, 2.24) is 5.32 Å². The van der Waals surface area contributed by atoms with Gasteiger partial charge < -0.3 is 5.32 Å². The van der Waals surface area contributed by atoms with E-state index >= 15 is 0 Å². The highest BCUT2D eigenvalue weighted by Crippen LogP contribution is 2.37. The molecule has 1 fully saturated rings. The third kappa shape index (κ3) is 4.97. The molecule has 2 unspecified atom stereocenters.